The summed E-state index contributed by atoms with van der Waals surface area (Å²) >= 11 is 0. The van der Waals surface area contributed by atoms with E-state index in [2.05, 4.69) is 10.6 Å². The minimum absolute atomic E-state index is 0.0202. The van der Waals surface area contributed by atoms with Gasteiger partial charge >= 0.3 is 0 Å². The molecular weight excluding hydrogens is 244 g/mol. The molecule has 1 atom stereocenters. The summed E-state index contributed by atoms with van der Waals surface area (Å²) in [6.45, 7) is 6.07. The minimum Gasteiger partial charge on any atom is -0.378 e. The van der Waals surface area contributed by atoms with Crippen molar-refractivity contribution in [1.29, 1.82) is 0 Å². The van der Waals surface area contributed by atoms with Crippen LogP contribution in [0.1, 0.15) is 39.0 Å². The molecule has 0 aromatic heterocycles. The number of nitrogens with one attached hydrogen (secondary N) is 2. The van der Waals surface area contributed by atoms with Crippen LogP contribution in [0.4, 0.5) is 0 Å². The zero-order chi connectivity index (χ0) is 13.6. The molecule has 2 aliphatic rings. The van der Waals surface area contributed by atoms with Crippen LogP contribution in [-0.2, 0) is 14.3 Å². The minimum atomic E-state index is -0.601. The summed E-state index contributed by atoms with van der Waals surface area (Å²) in [5.41, 5.74) is -0.601. The Balaban J connectivity index is 1.52. The summed E-state index contributed by atoms with van der Waals surface area (Å²) in [6.07, 6.45) is 5.25. The van der Waals surface area contributed by atoms with E-state index in [1.54, 1.807) is 0 Å². The van der Waals surface area contributed by atoms with Crippen LogP contribution in [0.15, 0.2) is 0 Å². The number of amides is 1. The lowest BCUT2D eigenvalue weighted by molar-refractivity contribution is -0.139. The van der Waals surface area contributed by atoms with Gasteiger partial charge in [-0.25, -0.2) is 0 Å². The molecule has 0 radical (unpaired) electrons. The Morgan fingerprint density at radius 1 is 1.47 bits per heavy atom. The maximum atomic E-state index is 11.9. The quantitative estimate of drug-likeness (QED) is 0.702. The molecule has 0 aromatic carbocycles. The van der Waals surface area contributed by atoms with E-state index >= 15 is 0 Å². The first kappa shape index (κ1) is 14.8. The van der Waals surface area contributed by atoms with Crippen molar-refractivity contribution >= 4 is 5.91 Å². The molecule has 2 heterocycles. The Labute approximate surface area is 115 Å². The van der Waals surface area contributed by atoms with Gasteiger partial charge in [-0.3, -0.25) is 4.79 Å². The molecule has 1 unspecified atom stereocenters. The zero-order valence-electron chi connectivity index (χ0n) is 11.9. The van der Waals surface area contributed by atoms with Gasteiger partial charge in [0.25, 0.3) is 5.91 Å². The number of piperidine rings is 1. The highest BCUT2D eigenvalue weighted by Crippen LogP contribution is 2.24. The van der Waals surface area contributed by atoms with E-state index in [1.165, 1.54) is 0 Å². The molecule has 2 fully saturated rings. The van der Waals surface area contributed by atoms with Crippen molar-refractivity contribution in [2.75, 3.05) is 32.8 Å². The van der Waals surface area contributed by atoms with Crippen LogP contribution in [0.3, 0.4) is 0 Å². The number of carbonyl (C=O) groups excluding carboxylic acids is 1. The van der Waals surface area contributed by atoms with Crippen molar-refractivity contribution in [2.45, 2.75) is 50.7 Å². The van der Waals surface area contributed by atoms with Crippen molar-refractivity contribution in [3.05, 3.63) is 0 Å². The first-order chi connectivity index (χ1) is 9.21. The lowest BCUT2D eigenvalue weighted by Gasteiger charge is -2.23. The van der Waals surface area contributed by atoms with Gasteiger partial charge in [-0.2, -0.15) is 0 Å². The molecule has 5 nitrogen and oxygen atoms in total. The molecule has 2 aliphatic heterocycles. The summed E-state index contributed by atoms with van der Waals surface area (Å²) in [6, 6.07) is 0. The number of ether oxygens (including phenoxy) is 2. The number of hydrogen-bond acceptors (Lipinski definition) is 4. The largest absolute Gasteiger partial charge is 0.378 e. The molecule has 19 heavy (non-hydrogen) atoms. The van der Waals surface area contributed by atoms with Crippen molar-refractivity contribution in [2.24, 2.45) is 0 Å². The third-order valence-electron chi connectivity index (χ3n) is 3.95. The fourth-order valence-corrected chi connectivity index (χ4v) is 2.63. The molecule has 2 N–H and O–H groups in total. The van der Waals surface area contributed by atoms with Gasteiger partial charge in [0, 0.05) is 19.8 Å². The van der Waals surface area contributed by atoms with E-state index in [1.807, 2.05) is 6.92 Å². The highest BCUT2D eigenvalue weighted by molar-refractivity contribution is 5.84. The SMILES string of the molecule is CC1(C(=O)NCCCOC2CCNCC2)CCCO1. The number of rotatable bonds is 6. The van der Waals surface area contributed by atoms with Crippen LogP contribution in [0.5, 0.6) is 0 Å². The topological polar surface area (TPSA) is 59.6 Å². The Hall–Kier alpha value is -0.650. The Bertz CT molecular complexity index is 284. The van der Waals surface area contributed by atoms with E-state index in [4.69, 9.17) is 9.47 Å². The van der Waals surface area contributed by atoms with Gasteiger partial charge < -0.3 is 20.1 Å². The molecule has 110 valence electrons. The molecule has 5 heteroatoms. The van der Waals surface area contributed by atoms with Crippen LogP contribution in [0.2, 0.25) is 0 Å². The van der Waals surface area contributed by atoms with Gasteiger partial charge in [0.1, 0.15) is 5.60 Å². The molecule has 0 aromatic rings. The van der Waals surface area contributed by atoms with E-state index in [0.717, 1.165) is 51.8 Å². The van der Waals surface area contributed by atoms with Gasteiger partial charge in [-0.15, -0.1) is 0 Å². The Morgan fingerprint density at radius 2 is 2.26 bits per heavy atom. The molecule has 0 bridgehead atoms. The lowest BCUT2D eigenvalue weighted by Crippen LogP contribution is -2.44. The van der Waals surface area contributed by atoms with Crippen LogP contribution < -0.4 is 10.6 Å². The fraction of sp³-hybridized carbons (Fsp3) is 0.929. The second-order valence-corrected chi connectivity index (χ2v) is 5.61. The molecule has 0 aliphatic carbocycles. The monoisotopic (exact) mass is 270 g/mol. The molecule has 2 saturated heterocycles. The highest BCUT2D eigenvalue weighted by Gasteiger charge is 2.37. The van der Waals surface area contributed by atoms with E-state index in [9.17, 15) is 4.79 Å². The fourth-order valence-electron chi connectivity index (χ4n) is 2.63. The van der Waals surface area contributed by atoms with Crippen molar-refractivity contribution in [3.8, 4) is 0 Å². The molecular formula is C14H26N2O3. The predicted molar refractivity (Wildman–Crippen MR) is 73.1 cm³/mol. The normalized spacial score (nSPS) is 28.5. The van der Waals surface area contributed by atoms with Gasteiger partial charge in [0.05, 0.1) is 6.10 Å². The Kier molecular flexibility index (Phi) is 5.60. The van der Waals surface area contributed by atoms with E-state index in [0.29, 0.717) is 19.3 Å². The van der Waals surface area contributed by atoms with Crippen LogP contribution in [0, 0.1) is 0 Å². The summed E-state index contributed by atoms with van der Waals surface area (Å²) in [5, 5.41) is 6.26. The number of hydrogen-bond donors (Lipinski definition) is 2. The average Bonchev–Trinajstić information content (AvgIpc) is 2.88. The predicted octanol–water partition coefficient (Wildman–Crippen LogP) is 0.830. The smallest absolute Gasteiger partial charge is 0.251 e. The second kappa shape index (κ2) is 7.22. The molecule has 0 spiro atoms. The van der Waals surface area contributed by atoms with Crippen molar-refractivity contribution in [1.82, 2.24) is 10.6 Å². The van der Waals surface area contributed by atoms with E-state index in [-0.39, 0.29) is 5.91 Å². The highest BCUT2D eigenvalue weighted by atomic mass is 16.5. The molecule has 0 saturated carbocycles. The van der Waals surface area contributed by atoms with Crippen molar-refractivity contribution < 1.29 is 14.3 Å². The van der Waals surface area contributed by atoms with Gasteiger partial charge in [-0.1, -0.05) is 0 Å². The van der Waals surface area contributed by atoms with Crippen LogP contribution in [0.25, 0.3) is 0 Å². The van der Waals surface area contributed by atoms with Crippen LogP contribution in [-0.4, -0.2) is 50.5 Å². The zero-order valence-corrected chi connectivity index (χ0v) is 11.9. The third kappa shape index (κ3) is 4.44. The van der Waals surface area contributed by atoms with Crippen molar-refractivity contribution in [3.63, 3.8) is 0 Å². The van der Waals surface area contributed by atoms with E-state index < -0.39 is 5.60 Å². The van der Waals surface area contributed by atoms with Gasteiger partial charge in [-0.05, 0) is 52.1 Å². The van der Waals surface area contributed by atoms with Gasteiger partial charge in [0.15, 0.2) is 0 Å². The second-order valence-electron chi connectivity index (χ2n) is 5.61. The van der Waals surface area contributed by atoms with Gasteiger partial charge in [0.2, 0.25) is 0 Å². The molecule has 2 rings (SSSR count). The van der Waals surface area contributed by atoms with Crippen LogP contribution >= 0.6 is 0 Å². The maximum Gasteiger partial charge on any atom is 0.251 e. The first-order valence-electron chi connectivity index (χ1n) is 7.45. The molecule has 1 amide bonds. The summed E-state index contributed by atoms with van der Waals surface area (Å²) in [5.74, 6) is 0.0202. The Morgan fingerprint density at radius 3 is 2.95 bits per heavy atom. The standard InChI is InChI=1S/C14H26N2O3/c1-14(6-2-11-19-14)13(17)16-7-3-10-18-12-4-8-15-9-5-12/h12,15H,2-11H2,1H3,(H,16,17). The summed E-state index contributed by atoms with van der Waals surface area (Å²) < 4.78 is 11.3. The maximum absolute atomic E-state index is 11.9. The third-order valence-corrected chi connectivity index (χ3v) is 3.95. The lowest BCUT2D eigenvalue weighted by atomic mass is 10.0. The average molecular weight is 270 g/mol. The summed E-state index contributed by atoms with van der Waals surface area (Å²) in [4.78, 5) is 11.9. The summed E-state index contributed by atoms with van der Waals surface area (Å²) in [7, 11) is 0. The first-order valence-corrected chi connectivity index (χ1v) is 7.45. The number of carbonyl (C=O) groups is 1.